The molecule has 2 N–H and O–H groups in total. The van der Waals surface area contributed by atoms with Gasteiger partial charge in [-0.3, -0.25) is 5.43 Å². The van der Waals surface area contributed by atoms with Crippen molar-refractivity contribution in [3.8, 4) is 0 Å². The maximum atomic E-state index is 5.22. The largest absolute Gasteiger partial charge is 0.463 e. The Labute approximate surface area is 113 Å². The van der Waals surface area contributed by atoms with Gasteiger partial charge in [0.05, 0.1) is 12.5 Å². The highest BCUT2D eigenvalue weighted by atomic mass is 32.1. The molecule has 1 heterocycles. The van der Waals surface area contributed by atoms with Crippen LogP contribution in [0.4, 0.5) is 0 Å². The van der Waals surface area contributed by atoms with Crippen LogP contribution in [0.25, 0.3) is 0 Å². The zero-order chi connectivity index (χ0) is 12.8. The lowest BCUT2D eigenvalue weighted by atomic mass is 9.86. The molecule has 0 radical (unpaired) electrons. The number of nitrogens with zero attached hydrogens (tertiary/aromatic N) is 1. The first-order valence-electron chi connectivity index (χ1n) is 6.39. The summed E-state index contributed by atoms with van der Waals surface area (Å²) in [4.78, 5) is 0. The van der Waals surface area contributed by atoms with Crippen molar-refractivity contribution in [2.75, 3.05) is 0 Å². The summed E-state index contributed by atoms with van der Waals surface area (Å²) >= 11 is 5.22. The lowest BCUT2D eigenvalue weighted by Crippen LogP contribution is -2.44. The predicted octanol–water partition coefficient (Wildman–Crippen LogP) is 2.66. The second-order valence-corrected chi connectivity index (χ2v) is 5.14. The van der Waals surface area contributed by atoms with Gasteiger partial charge in [0.1, 0.15) is 5.76 Å². The minimum Gasteiger partial charge on any atom is -0.463 e. The second-order valence-electron chi connectivity index (χ2n) is 4.73. The van der Waals surface area contributed by atoms with Crippen LogP contribution < -0.4 is 10.7 Å². The van der Waals surface area contributed by atoms with E-state index in [1.807, 2.05) is 12.1 Å². The van der Waals surface area contributed by atoms with Gasteiger partial charge in [0.2, 0.25) is 0 Å². The van der Waals surface area contributed by atoms with Crippen LogP contribution in [-0.4, -0.2) is 17.4 Å². The van der Waals surface area contributed by atoms with Crippen molar-refractivity contribution in [3.63, 3.8) is 0 Å². The normalized spacial score (nSPS) is 24.1. The molecule has 0 spiro atoms. The highest BCUT2D eigenvalue weighted by Crippen LogP contribution is 2.23. The van der Waals surface area contributed by atoms with Crippen LogP contribution in [0.5, 0.6) is 0 Å². The average Bonchev–Trinajstić information content (AvgIpc) is 2.85. The van der Waals surface area contributed by atoms with Gasteiger partial charge < -0.3 is 9.73 Å². The molecule has 1 aliphatic carbocycles. The molecule has 4 nitrogen and oxygen atoms in total. The number of nitrogens with one attached hydrogen (secondary N) is 2. The molecular weight excluding hydrogens is 246 g/mol. The van der Waals surface area contributed by atoms with E-state index in [1.54, 1.807) is 12.5 Å². The average molecular weight is 265 g/mol. The van der Waals surface area contributed by atoms with E-state index in [0.29, 0.717) is 22.8 Å². The highest BCUT2D eigenvalue weighted by molar-refractivity contribution is 7.80. The maximum Gasteiger partial charge on any atom is 0.187 e. The molecule has 0 bridgehead atoms. The van der Waals surface area contributed by atoms with E-state index in [1.165, 1.54) is 25.7 Å². The van der Waals surface area contributed by atoms with Gasteiger partial charge in [0.15, 0.2) is 5.11 Å². The first-order valence-corrected chi connectivity index (χ1v) is 6.79. The third kappa shape index (κ3) is 3.84. The number of thiocarbonyl (C=S) groups is 1. The van der Waals surface area contributed by atoms with E-state index in [4.69, 9.17) is 16.6 Å². The molecule has 1 fully saturated rings. The minimum atomic E-state index is 0.470. The fourth-order valence-electron chi connectivity index (χ4n) is 2.25. The van der Waals surface area contributed by atoms with E-state index >= 15 is 0 Å². The summed E-state index contributed by atoms with van der Waals surface area (Å²) in [6, 6.07) is 4.13. The smallest absolute Gasteiger partial charge is 0.187 e. The van der Waals surface area contributed by atoms with Crippen LogP contribution >= 0.6 is 12.2 Å². The van der Waals surface area contributed by atoms with E-state index in [9.17, 15) is 0 Å². The third-order valence-electron chi connectivity index (χ3n) is 3.33. The van der Waals surface area contributed by atoms with Gasteiger partial charge in [-0.2, -0.15) is 5.10 Å². The summed E-state index contributed by atoms with van der Waals surface area (Å²) in [5, 5.41) is 7.94. The van der Waals surface area contributed by atoms with Crippen LogP contribution in [-0.2, 0) is 0 Å². The summed E-state index contributed by atoms with van der Waals surface area (Å²) in [6.45, 7) is 2.27. The Morgan fingerprint density at radius 2 is 2.33 bits per heavy atom. The Bertz CT molecular complexity index is 402. The summed E-state index contributed by atoms with van der Waals surface area (Å²) in [5.41, 5.74) is 2.82. The zero-order valence-electron chi connectivity index (χ0n) is 10.6. The van der Waals surface area contributed by atoms with Crippen molar-refractivity contribution in [3.05, 3.63) is 24.2 Å². The molecule has 1 saturated carbocycles. The van der Waals surface area contributed by atoms with Crippen molar-refractivity contribution in [1.82, 2.24) is 10.7 Å². The van der Waals surface area contributed by atoms with Gasteiger partial charge in [-0.25, -0.2) is 0 Å². The van der Waals surface area contributed by atoms with E-state index < -0.39 is 0 Å². The molecule has 5 heteroatoms. The van der Waals surface area contributed by atoms with Gasteiger partial charge in [-0.15, -0.1) is 0 Å². The van der Waals surface area contributed by atoms with Gasteiger partial charge in [0, 0.05) is 6.04 Å². The predicted molar refractivity (Wildman–Crippen MR) is 76.6 cm³/mol. The Morgan fingerprint density at radius 1 is 1.50 bits per heavy atom. The van der Waals surface area contributed by atoms with Crippen LogP contribution in [0.1, 0.15) is 38.4 Å². The summed E-state index contributed by atoms with van der Waals surface area (Å²) in [6.07, 6.45) is 8.29. The quantitative estimate of drug-likeness (QED) is 0.501. The molecule has 0 amide bonds. The van der Waals surface area contributed by atoms with Crippen LogP contribution in [0.15, 0.2) is 27.9 Å². The van der Waals surface area contributed by atoms with Crippen molar-refractivity contribution in [2.45, 2.75) is 38.6 Å². The SMILES string of the molecule is C[C@H]1CCCC[C@H]1NC(=S)N/N=C\c1ccco1. The fraction of sp³-hybridized carbons (Fsp3) is 0.538. The molecule has 1 aromatic rings. The molecule has 2 rings (SSSR count). The lowest BCUT2D eigenvalue weighted by molar-refractivity contribution is 0.308. The summed E-state index contributed by atoms with van der Waals surface area (Å²) < 4.78 is 5.13. The number of furan rings is 1. The Hall–Kier alpha value is -1.36. The molecule has 18 heavy (non-hydrogen) atoms. The van der Waals surface area contributed by atoms with Crippen LogP contribution in [0, 0.1) is 5.92 Å². The highest BCUT2D eigenvalue weighted by Gasteiger charge is 2.21. The standard InChI is InChI=1S/C13H19N3OS/c1-10-5-2-3-7-12(10)15-13(18)16-14-9-11-6-4-8-17-11/h4,6,8-10,12H,2-3,5,7H2,1H3,(H2,15,16,18)/b14-9-/t10-,12+/m0/s1. The van der Waals surface area contributed by atoms with Gasteiger partial charge >= 0.3 is 0 Å². The zero-order valence-corrected chi connectivity index (χ0v) is 11.4. The molecular formula is C13H19N3OS. The second kappa shape index (κ2) is 6.54. The molecule has 2 atom stereocenters. The van der Waals surface area contributed by atoms with Crippen LogP contribution in [0.3, 0.4) is 0 Å². The van der Waals surface area contributed by atoms with Gasteiger partial charge in [0.25, 0.3) is 0 Å². The molecule has 0 aromatic carbocycles. The molecule has 1 aliphatic rings. The first-order chi connectivity index (χ1) is 8.75. The number of hydrogen-bond donors (Lipinski definition) is 2. The first kappa shape index (κ1) is 13.1. The van der Waals surface area contributed by atoms with Crippen molar-refractivity contribution < 1.29 is 4.42 Å². The van der Waals surface area contributed by atoms with Gasteiger partial charge in [-0.1, -0.05) is 19.8 Å². The Kier molecular flexibility index (Phi) is 4.75. The third-order valence-corrected chi connectivity index (χ3v) is 3.54. The lowest BCUT2D eigenvalue weighted by Gasteiger charge is -2.30. The number of hydrazone groups is 1. The molecule has 98 valence electrons. The monoisotopic (exact) mass is 265 g/mol. The Morgan fingerprint density at radius 3 is 3.06 bits per heavy atom. The van der Waals surface area contributed by atoms with Crippen molar-refractivity contribution in [2.24, 2.45) is 11.0 Å². The molecule has 1 aromatic heterocycles. The van der Waals surface area contributed by atoms with E-state index in [2.05, 4.69) is 22.8 Å². The minimum absolute atomic E-state index is 0.470. The van der Waals surface area contributed by atoms with E-state index in [0.717, 1.165) is 0 Å². The maximum absolute atomic E-state index is 5.22. The summed E-state index contributed by atoms with van der Waals surface area (Å²) in [7, 11) is 0. The Balaban J connectivity index is 1.74. The van der Waals surface area contributed by atoms with Crippen molar-refractivity contribution >= 4 is 23.5 Å². The molecule has 0 unspecified atom stereocenters. The van der Waals surface area contributed by atoms with Gasteiger partial charge in [-0.05, 0) is 43.1 Å². The fourth-order valence-corrected chi connectivity index (χ4v) is 2.45. The molecule has 0 aliphatic heterocycles. The number of rotatable bonds is 3. The summed E-state index contributed by atoms with van der Waals surface area (Å²) in [5.74, 6) is 1.38. The topological polar surface area (TPSA) is 49.6 Å². The van der Waals surface area contributed by atoms with E-state index in [-0.39, 0.29) is 0 Å². The number of hydrogen-bond acceptors (Lipinski definition) is 3. The van der Waals surface area contributed by atoms with Crippen LogP contribution in [0.2, 0.25) is 0 Å². The molecule has 0 saturated heterocycles. The van der Waals surface area contributed by atoms with Crippen molar-refractivity contribution in [1.29, 1.82) is 0 Å².